The molecule has 2 nitrogen and oxygen atoms in total. The zero-order chi connectivity index (χ0) is 7.84. The number of benzene rings is 1. The van der Waals surface area contributed by atoms with E-state index in [1.54, 1.807) is 0 Å². The van der Waals surface area contributed by atoms with Gasteiger partial charge in [-0.2, -0.15) is 0 Å². The molecule has 0 N–H and O–H groups in total. The molecule has 0 radical (unpaired) electrons. The highest BCUT2D eigenvalue weighted by Crippen LogP contribution is 2.52. The smallest absolute Gasteiger partial charge is 0.211 e. The fraction of sp³-hybridized carbons (Fsp3) is 0.333. The Hall–Kier alpha value is -1.18. The first-order valence-corrected chi connectivity index (χ1v) is 3.75. The van der Waals surface area contributed by atoms with Crippen LogP contribution in [-0.2, 0) is 0 Å². The van der Waals surface area contributed by atoms with E-state index < -0.39 is 0 Å². The zero-order valence-electron chi connectivity index (χ0n) is 6.63. The van der Waals surface area contributed by atoms with Crippen molar-refractivity contribution < 1.29 is 9.47 Å². The summed E-state index contributed by atoms with van der Waals surface area (Å²) in [7, 11) is 0. The molecule has 2 rings (SSSR count). The lowest BCUT2D eigenvalue weighted by atomic mass is 10.3. The normalized spacial score (nSPS) is 12.3. The van der Waals surface area contributed by atoms with Gasteiger partial charge in [-0.15, -0.1) is 0 Å². The molecule has 2 heteroatoms. The van der Waals surface area contributed by atoms with Crippen LogP contribution in [0.5, 0.6) is 17.2 Å². The van der Waals surface area contributed by atoms with E-state index in [1.165, 1.54) is 0 Å². The van der Waals surface area contributed by atoms with Crippen LogP contribution in [0.25, 0.3) is 0 Å². The molecule has 0 bridgehead atoms. The molecule has 0 amide bonds. The average molecular weight is 150 g/mol. The van der Waals surface area contributed by atoms with Gasteiger partial charge in [-0.1, -0.05) is 6.07 Å². The van der Waals surface area contributed by atoms with Gasteiger partial charge in [0.15, 0.2) is 11.5 Å². The Bertz CT molecular complexity index is 279. The maximum absolute atomic E-state index is 5.47. The largest absolute Gasteiger partial charge is 0.487 e. The van der Waals surface area contributed by atoms with Crippen molar-refractivity contribution in [1.29, 1.82) is 0 Å². The van der Waals surface area contributed by atoms with Crippen LogP contribution >= 0.6 is 0 Å². The first kappa shape index (κ1) is 6.53. The molecule has 1 aromatic carbocycles. The quantitative estimate of drug-likeness (QED) is 0.614. The standard InChI is InChI=1S/C9H10O2/c1-6(2)10-7-4-3-5-8-9(7)11-8/h3-6H,1-2H3. The SMILES string of the molecule is CC(C)Oc1cccc2c1O2. The second-order valence-corrected chi connectivity index (χ2v) is 2.85. The van der Waals surface area contributed by atoms with E-state index in [9.17, 15) is 0 Å². The fourth-order valence-electron chi connectivity index (χ4n) is 1.01. The molecule has 0 aromatic heterocycles. The first-order chi connectivity index (χ1) is 5.27. The van der Waals surface area contributed by atoms with Crippen molar-refractivity contribution >= 4 is 0 Å². The lowest BCUT2D eigenvalue weighted by Gasteiger charge is -2.06. The minimum atomic E-state index is 0.214. The van der Waals surface area contributed by atoms with Gasteiger partial charge in [-0.05, 0) is 26.0 Å². The molecular weight excluding hydrogens is 140 g/mol. The second-order valence-electron chi connectivity index (χ2n) is 2.85. The molecule has 0 spiro atoms. The third-order valence-electron chi connectivity index (χ3n) is 1.48. The van der Waals surface area contributed by atoms with E-state index in [2.05, 4.69) is 0 Å². The van der Waals surface area contributed by atoms with Crippen molar-refractivity contribution in [3.8, 4) is 17.2 Å². The zero-order valence-corrected chi connectivity index (χ0v) is 6.63. The molecule has 1 aliphatic rings. The monoisotopic (exact) mass is 150 g/mol. The topological polar surface area (TPSA) is 21.8 Å². The summed E-state index contributed by atoms with van der Waals surface area (Å²) in [5.74, 6) is 2.71. The minimum Gasteiger partial charge on any atom is -0.487 e. The number of para-hydroxylation sites is 1. The molecule has 1 heterocycles. The Morgan fingerprint density at radius 2 is 2.18 bits per heavy atom. The van der Waals surface area contributed by atoms with Gasteiger partial charge >= 0.3 is 0 Å². The summed E-state index contributed by atoms with van der Waals surface area (Å²) in [6.45, 7) is 4.00. The number of ether oxygens (including phenoxy) is 2. The Morgan fingerprint density at radius 3 is 2.91 bits per heavy atom. The third kappa shape index (κ3) is 1.16. The predicted molar refractivity (Wildman–Crippen MR) is 42.3 cm³/mol. The predicted octanol–water partition coefficient (Wildman–Crippen LogP) is 2.58. The van der Waals surface area contributed by atoms with Crippen molar-refractivity contribution in [1.82, 2.24) is 0 Å². The summed E-state index contributed by atoms with van der Waals surface area (Å²) in [6.07, 6.45) is 0.214. The Morgan fingerprint density at radius 1 is 1.36 bits per heavy atom. The molecule has 0 unspecified atom stereocenters. The van der Waals surface area contributed by atoms with Gasteiger partial charge in [0.05, 0.1) is 6.10 Å². The van der Waals surface area contributed by atoms with Gasteiger partial charge in [0.25, 0.3) is 0 Å². The van der Waals surface area contributed by atoms with Crippen LogP contribution in [0, 0.1) is 0 Å². The Labute approximate surface area is 65.7 Å². The number of fused-ring (bicyclic) bond motifs is 1. The molecule has 0 atom stereocenters. The van der Waals surface area contributed by atoms with Crippen molar-refractivity contribution in [2.75, 3.05) is 0 Å². The van der Waals surface area contributed by atoms with Crippen LogP contribution in [0.3, 0.4) is 0 Å². The van der Waals surface area contributed by atoms with E-state index in [1.807, 2.05) is 32.0 Å². The Kier molecular flexibility index (Phi) is 1.28. The van der Waals surface area contributed by atoms with Gasteiger partial charge in [-0.25, -0.2) is 0 Å². The summed E-state index contributed by atoms with van der Waals surface area (Å²) < 4.78 is 10.6. The first-order valence-electron chi connectivity index (χ1n) is 3.75. The summed E-state index contributed by atoms with van der Waals surface area (Å²) in [6, 6.07) is 5.79. The molecule has 0 fully saturated rings. The lowest BCUT2D eigenvalue weighted by Crippen LogP contribution is -2.04. The molecular formula is C9H10O2. The van der Waals surface area contributed by atoms with Crippen LogP contribution in [0.1, 0.15) is 13.8 Å². The summed E-state index contributed by atoms with van der Waals surface area (Å²) in [5.41, 5.74) is 0. The van der Waals surface area contributed by atoms with Gasteiger partial charge < -0.3 is 9.47 Å². The molecule has 0 aliphatic carbocycles. The maximum Gasteiger partial charge on any atom is 0.211 e. The average Bonchev–Trinajstić information content (AvgIpc) is 2.65. The van der Waals surface area contributed by atoms with Crippen LogP contribution in [0.4, 0.5) is 0 Å². The van der Waals surface area contributed by atoms with E-state index in [-0.39, 0.29) is 6.10 Å². The molecule has 11 heavy (non-hydrogen) atoms. The van der Waals surface area contributed by atoms with Gasteiger partial charge in [0.1, 0.15) is 0 Å². The summed E-state index contributed by atoms with van der Waals surface area (Å²) in [5, 5.41) is 0. The van der Waals surface area contributed by atoms with E-state index in [0.717, 1.165) is 17.2 Å². The van der Waals surface area contributed by atoms with Crippen molar-refractivity contribution in [2.45, 2.75) is 20.0 Å². The van der Waals surface area contributed by atoms with Crippen LogP contribution in [-0.4, -0.2) is 6.10 Å². The van der Waals surface area contributed by atoms with Crippen LogP contribution in [0.15, 0.2) is 18.2 Å². The molecule has 1 aliphatic heterocycles. The van der Waals surface area contributed by atoms with Crippen LogP contribution in [0.2, 0.25) is 0 Å². The highest BCUT2D eigenvalue weighted by atomic mass is 16.6. The van der Waals surface area contributed by atoms with Crippen molar-refractivity contribution in [3.05, 3.63) is 18.2 Å². The number of rotatable bonds is 2. The highest BCUT2D eigenvalue weighted by molar-refractivity contribution is 5.62. The van der Waals surface area contributed by atoms with Crippen LogP contribution < -0.4 is 9.47 Å². The lowest BCUT2D eigenvalue weighted by molar-refractivity contribution is 0.240. The van der Waals surface area contributed by atoms with Gasteiger partial charge in [0, 0.05) is 0 Å². The molecule has 0 saturated heterocycles. The molecule has 58 valence electrons. The maximum atomic E-state index is 5.47. The minimum absolute atomic E-state index is 0.214. The molecule has 1 aromatic rings. The second kappa shape index (κ2) is 2.16. The third-order valence-corrected chi connectivity index (χ3v) is 1.48. The summed E-state index contributed by atoms with van der Waals surface area (Å²) >= 11 is 0. The van der Waals surface area contributed by atoms with Crippen molar-refractivity contribution in [2.24, 2.45) is 0 Å². The van der Waals surface area contributed by atoms with Crippen molar-refractivity contribution in [3.63, 3.8) is 0 Å². The van der Waals surface area contributed by atoms with E-state index in [0.29, 0.717) is 0 Å². The van der Waals surface area contributed by atoms with E-state index >= 15 is 0 Å². The highest BCUT2D eigenvalue weighted by Gasteiger charge is 2.25. The molecule has 0 saturated carbocycles. The Balaban J connectivity index is 2.21. The van der Waals surface area contributed by atoms with Gasteiger partial charge in [-0.3, -0.25) is 0 Å². The van der Waals surface area contributed by atoms with E-state index in [4.69, 9.17) is 9.47 Å². The fourth-order valence-corrected chi connectivity index (χ4v) is 1.01. The number of hydrogen-bond donors (Lipinski definition) is 0. The summed E-state index contributed by atoms with van der Waals surface area (Å²) in [4.78, 5) is 0. The number of hydrogen-bond acceptors (Lipinski definition) is 2. The van der Waals surface area contributed by atoms with Gasteiger partial charge in [0.2, 0.25) is 5.75 Å².